The molecule has 1 aliphatic rings. The van der Waals surface area contributed by atoms with Gasteiger partial charge in [0.15, 0.2) is 9.84 Å². The lowest BCUT2D eigenvalue weighted by atomic mass is 10.2. The summed E-state index contributed by atoms with van der Waals surface area (Å²) in [4.78, 5) is 1.93. The molecule has 34 heavy (non-hydrogen) atoms. The second-order valence-electron chi connectivity index (χ2n) is 8.30. The van der Waals surface area contributed by atoms with Crippen LogP contribution in [0.2, 0.25) is 15.1 Å². The van der Waals surface area contributed by atoms with E-state index >= 15 is 0 Å². The van der Waals surface area contributed by atoms with Crippen LogP contribution in [0.3, 0.4) is 0 Å². The number of hydrogen-bond acceptors (Lipinski definition) is 6. The van der Waals surface area contributed by atoms with E-state index in [-0.39, 0.29) is 30.7 Å². The minimum atomic E-state index is -3.11. The van der Waals surface area contributed by atoms with Gasteiger partial charge in [0.1, 0.15) is 30.0 Å². The van der Waals surface area contributed by atoms with Crippen LogP contribution in [0.15, 0.2) is 59.0 Å². The van der Waals surface area contributed by atoms with Crippen molar-refractivity contribution in [3.05, 3.63) is 75.4 Å². The van der Waals surface area contributed by atoms with Crippen LogP contribution in [-0.4, -0.2) is 55.2 Å². The van der Waals surface area contributed by atoms with E-state index < -0.39 is 15.9 Å². The normalized spacial score (nSPS) is 18.3. The Kier molecular flexibility index (Phi) is 8.12. The summed E-state index contributed by atoms with van der Waals surface area (Å²) >= 11 is 18.1. The van der Waals surface area contributed by atoms with Crippen LogP contribution in [0, 0.1) is 0 Å². The molecular weight excluding hydrogens is 521 g/mol. The molecule has 0 radical (unpaired) electrons. The van der Waals surface area contributed by atoms with Gasteiger partial charge in [-0.3, -0.25) is 4.90 Å². The van der Waals surface area contributed by atoms with Crippen molar-refractivity contribution in [2.24, 2.45) is 0 Å². The van der Waals surface area contributed by atoms with Crippen molar-refractivity contribution >= 4 is 44.6 Å². The Balaban J connectivity index is 1.45. The molecule has 2 unspecified atom stereocenters. The van der Waals surface area contributed by atoms with Crippen LogP contribution in [0.25, 0.3) is 11.3 Å². The van der Waals surface area contributed by atoms with Gasteiger partial charge in [0.25, 0.3) is 0 Å². The highest BCUT2D eigenvalue weighted by Crippen LogP contribution is 2.29. The van der Waals surface area contributed by atoms with Gasteiger partial charge in [-0.25, -0.2) is 8.42 Å². The smallest absolute Gasteiger partial charge is 0.151 e. The molecule has 4 rings (SSSR count). The van der Waals surface area contributed by atoms with Gasteiger partial charge in [-0.2, -0.15) is 0 Å². The van der Waals surface area contributed by atoms with Crippen molar-refractivity contribution in [2.45, 2.75) is 25.1 Å². The van der Waals surface area contributed by atoms with E-state index in [1.54, 1.807) is 24.3 Å². The molecular formula is C24H24Cl3NO5S. The monoisotopic (exact) mass is 543 g/mol. The largest absolute Gasteiger partial charge is 0.489 e. The zero-order valence-corrected chi connectivity index (χ0v) is 21.2. The predicted molar refractivity (Wildman–Crippen MR) is 135 cm³/mol. The number of aliphatic hydroxyl groups is 1. The summed E-state index contributed by atoms with van der Waals surface area (Å²) in [5.41, 5.74) is 0.849. The molecule has 0 amide bonds. The van der Waals surface area contributed by atoms with Gasteiger partial charge >= 0.3 is 0 Å². The topological polar surface area (TPSA) is 80.0 Å². The summed E-state index contributed by atoms with van der Waals surface area (Å²) in [5, 5.41) is 12.1. The molecule has 2 heterocycles. The number of halogens is 3. The molecule has 1 aromatic heterocycles. The number of sulfone groups is 1. The quantitative estimate of drug-likeness (QED) is 0.392. The molecule has 1 N–H and O–H groups in total. The van der Waals surface area contributed by atoms with E-state index in [2.05, 4.69) is 0 Å². The molecule has 1 fully saturated rings. The Hall–Kier alpha value is -1.74. The maximum Gasteiger partial charge on any atom is 0.151 e. The molecule has 182 valence electrons. The number of nitrogens with zero attached hydrogens (tertiary/aromatic N) is 1. The fourth-order valence-corrected chi connectivity index (χ4v) is 6.38. The first-order chi connectivity index (χ1) is 16.2. The van der Waals surface area contributed by atoms with Crippen LogP contribution < -0.4 is 4.74 Å². The fourth-order valence-electron chi connectivity index (χ4n) is 3.97. The summed E-state index contributed by atoms with van der Waals surface area (Å²) in [7, 11) is -3.11. The lowest BCUT2D eigenvalue weighted by Gasteiger charge is -2.29. The first kappa shape index (κ1) is 25.4. The molecule has 2 atom stereocenters. The number of furan rings is 1. The zero-order chi connectivity index (χ0) is 24.3. The third kappa shape index (κ3) is 6.68. The van der Waals surface area contributed by atoms with Crippen LogP contribution in [0.4, 0.5) is 0 Å². The van der Waals surface area contributed by atoms with Gasteiger partial charge in [0.05, 0.1) is 23.1 Å². The fraction of sp³-hybridized carbons (Fsp3) is 0.333. The van der Waals surface area contributed by atoms with Crippen LogP contribution >= 0.6 is 34.8 Å². The Labute approximate surface area is 213 Å². The Morgan fingerprint density at radius 2 is 1.88 bits per heavy atom. The molecule has 10 heteroatoms. The van der Waals surface area contributed by atoms with Gasteiger partial charge in [-0.1, -0.05) is 46.9 Å². The summed E-state index contributed by atoms with van der Waals surface area (Å²) in [6, 6.07) is 15.7. The van der Waals surface area contributed by atoms with E-state index in [1.165, 1.54) is 0 Å². The number of hydrogen-bond donors (Lipinski definition) is 1. The molecule has 0 bridgehead atoms. The molecule has 1 saturated heterocycles. The minimum absolute atomic E-state index is 0.0107. The highest BCUT2D eigenvalue weighted by Gasteiger charge is 2.33. The van der Waals surface area contributed by atoms with Crippen molar-refractivity contribution in [2.75, 3.05) is 24.7 Å². The van der Waals surface area contributed by atoms with Crippen LogP contribution in [-0.2, 0) is 16.4 Å². The second kappa shape index (κ2) is 10.9. The van der Waals surface area contributed by atoms with Gasteiger partial charge in [0.2, 0.25) is 0 Å². The first-order valence-electron chi connectivity index (χ1n) is 10.7. The van der Waals surface area contributed by atoms with Crippen molar-refractivity contribution in [1.82, 2.24) is 4.90 Å². The van der Waals surface area contributed by atoms with Crippen LogP contribution in [0.1, 0.15) is 12.2 Å². The summed E-state index contributed by atoms with van der Waals surface area (Å²) in [6.45, 7) is 0.543. The highest BCUT2D eigenvalue weighted by atomic mass is 35.5. The Bertz CT molecular complexity index is 1250. The zero-order valence-electron chi connectivity index (χ0n) is 18.2. The predicted octanol–water partition coefficient (Wildman–Crippen LogP) is 5.34. The molecule has 0 aliphatic carbocycles. The number of aliphatic hydroxyl groups excluding tert-OH is 1. The summed E-state index contributed by atoms with van der Waals surface area (Å²) < 4.78 is 35.9. The highest BCUT2D eigenvalue weighted by molar-refractivity contribution is 7.91. The lowest BCUT2D eigenvalue weighted by molar-refractivity contribution is 0.0498. The van der Waals surface area contributed by atoms with E-state index in [1.807, 2.05) is 35.2 Å². The molecule has 0 spiro atoms. The van der Waals surface area contributed by atoms with Crippen molar-refractivity contribution in [3.8, 4) is 17.1 Å². The third-order valence-corrected chi connectivity index (χ3v) is 8.14. The molecule has 0 saturated carbocycles. The van der Waals surface area contributed by atoms with Gasteiger partial charge in [-0.15, -0.1) is 0 Å². The maximum atomic E-state index is 12.1. The molecule has 3 aromatic rings. The van der Waals surface area contributed by atoms with Gasteiger partial charge < -0.3 is 14.3 Å². The average molecular weight is 545 g/mol. The second-order valence-corrected chi connectivity index (χ2v) is 11.8. The Morgan fingerprint density at radius 1 is 1.09 bits per heavy atom. The molecule has 2 aromatic carbocycles. The molecule has 6 nitrogen and oxygen atoms in total. The SMILES string of the molecule is O=S1(=O)CCC(N(Cc2ccc(-c3cccc(Cl)c3)o2)CC(O)COc2ccc(Cl)cc2Cl)C1. The van der Waals surface area contributed by atoms with Gasteiger partial charge in [-0.05, 0) is 48.9 Å². The summed E-state index contributed by atoms with van der Waals surface area (Å²) in [5.74, 6) is 1.92. The minimum Gasteiger partial charge on any atom is -0.489 e. The maximum absolute atomic E-state index is 12.1. The summed E-state index contributed by atoms with van der Waals surface area (Å²) in [6.07, 6.45) is -0.377. The Morgan fingerprint density at radius 3 is 2.59 bits per heavy atom. The van der Waals surface area contributed by atoms with Crippen molar-refractivity contribution in [3.63, 3.8) is 0 Å². The first-order valence-corrected chi connectivity index (χ1v) is 13.7. The van der Waals surface area contributed by atoms with E-state index in [0.29, 0.717) is 45.3 Å². The van der Waals surface area contributed by atoms with E-state index in [9.17, 15) is 13.5 Å². The lowest BCUT2D eigenvalue weighted by Crippen LogP contribution is -2.42. The van der Waals surface area contributed by atoms with E-state index in [0.717, 1.165) is 5.56 Å². The van der Waals surface area contributed by atoms with Crippen molar-refractivity contribution < 1.29 is 22.7 Å². The molecule has 1 aliphatic heterocycles. The van der Waals surface area contributed by atoms with Gasteiger partial charge in [0, 0.05) is 28.2 Å². The van der Waals surface area contributed by atoms with E-state index in [4.69, 9.17) is 44.0 Å². The van der Waals surface area contributed by atoms with Crippen molar-refractivity contribution in [1.29, 1.82) is 0 Å². The van der Waals surface area contributed by atoms with Crippen LogP contribution in [0.5, 0.6) is 5.75 Å². The number of benzene rings is 2. The standard InChI is InChI=1S/C24H24Cl3NO5S/c25-17-3-1-2-16(10-17)23-7-5-21(33-23)13-28(19-8-9-34(30,31)15-19)12-20(29)14-32-24-6-4-18(26)11-22(24)27/h1-7,10-11,19-20,29H,8-9,12-15H2. The number of ether oxygens (including phenoxy) is 1. The number of rotatable bonds is 9. The average Bonchev–Trinajstić information content (AvgIpc) is 3.39. The third-order valence-electron chi connectivity index (χ3n) is 5.62.